The number of benzene rings is 1. The molecule has 0 aliphatic carbocycles. The Morgan fingerprint density at radius 1 is 1.47 bits per heavy atom. The highest BCUT2D eigenvalue weighted by molar-refractivity contribution is 5.78. The summed E-state index contributed by atoms with van der Waals surface area (Å²) in [5.41, 5.74) is 13.4. The van der Waals surface area contributed by atoms with Crippen molar-refractivity contribution in [1.29, 1.82) is 5.26 Å². The van der Waals surface area contributed by atoms with Crippen LogP contribution in [0.2, 0.25) is 0 Å². The predicted molar refractivity (Wildman–Crippen MR) is 74.3 cm³/mol. The molecule has 100 valence electrons. The Kier molecular flexibility index (Phi) is 3.61. The van der Waals surface area contributed by atoms with Crippen LogP contribution in [0.3, 0.4) is 0 Å². The summed E-state index contributed by atoms with van der Waals surface area (Å²) in [5, 5.41) is 8.97. The van der Waals surface area contributed by atoms with Crippen LogP contribution in [0.15, 0.2) is 18.2 Å². The number of carbonyl (C=O) groups excluding carboxylic acids is 1. The second kappa shape index (κ2) is 5.19. The van der Waals surface area contributed by atoms with Crippen molar-refractivity contribution in [3.63, 3.8) is 0 Å². The Bertz CT molecular complexity index is 535. The highest BCUT2D eigenvalue weighted by Gasteiger charge is 2.29. The molecule has 1 aromatic rings. The zero-order valence-electron chi connectivity index (χ0n) is 11.0. The summed E-state index contributed by atoms with van der Waals surface area (Å²) in [5.74, 6) is -0.423. The summed E-state index contributed by atoms with van der Waals surface area (Å²) in [4.78, 5) is 13.4. The molecule has 5 nitrogen and oxygen atoms in total. The first kappa shape index (κ1) is 13.2. The van der Waals surface area contributed by atoms with Crippen molar-refractivity contribution < 1.29 is 4.79 Å². The Hall–Kier alpha value is -2.22. The number of nitrogens with zero attached hydrogens (tertiary/aromatic N) is 2. The van der Waals surface area contributed by atoms with E-state index < -0.39 is 0 Å². The smallest absolute Gasteiger partial charge is 0.222 e. The van der Waals surface area contributed by atoms with Gasteiger partial charge in [-0.05, 0) is 38.0 Å². The Morgan fingerprint density at radius 2 is 2.21 bits per heavy atom. The van der Waals surface area contributed by atoms with Gasteiger partial charge in [-0.2, -0.15) is 5.26 Å². The first-order valence-electron chi connectivity index (χ1n) is 6.38. The van der Waals surface area contributed by atoms with Crippen LogP contribution in [0.5, 0.6) is 0 Å². The minimum absolute atomic E-state index is 0.152. The van der Waals surface area contributed by atoms with Crippen molar-refractivity contribution in [3.8, 4) is 6.07 Å². The van der Waals surface area contributed by atoms with E-state index in [0.29, 0.717) is 17.8 Å². The number of piperidine rings is 1. The number of nitrogen functional groups attached to an aromatic ring is 1. The van der Waals surface area contributed by atoms with Gasteiger partial charge in [0.2, 0.25) is 5.91 Å². The second-order valence-corrected chi connectivity index (χ2v) is 5.06. The zero-order valence-corrected chi connectivity index (χ0v) is 11.0. The average molecular weight is 258 g/mol. The zero-order chi connectivity index (χ0) is 14.0. The fourth-order valence-electron chi connectivity index (χ4n) is 2.54. The SMILES string of the molecule is CC1CCC(C(N)=O)CN1c1cc(C#N)ccc1N. The molecule has 1 saturated heterocycles. The summed E-state index contributed by atoms with van der Waals surface area (Å²) in [6, 6.07) is 7.59. The Labute approximate surface area is 112 Å². The van der Waals surface area contributed by atoms with Crippen molar-refractivity contribution in [2.24, 2.45) is 11.7 Å². The lowest BCUT2D eigenvalue weighted by atomic mass is 9.92. The van der Waals surface area contributed by atoms with Crippen LogP contribution < -0.4 is 16.4 Å². The predicted octanol–water partition coefficient (Wildman–Crippen LogP) is 1.23. The van der Waals surface area contributed by atoms with E-state index in [1.54, 1.807) is 18.2 Å². The van der Waals surface area contributed by atoms with Gasteiger partial charge in [-0.15, -0.1) is 0 Å². The summed E-state index contributed by atoms with van der Waals surface area (Å²) in [6.07, 6.45) is 1.70. The quantitative estimate of drug-likeness (QED) is 0.780. The number of amides is 1. The van der Waals surface area contributed by atoms with Gasteiger partial charge < -0.3 is 16.4 Å². The van der Waals surface area contributed by atoms with Gasteiger partial charge in [-0.25, -0.2) is 0 Å². The molecular formula is C14H18N4O. The van der Waals surface area contributed by atoms with Gasteiger partial charge in [0.05, 0.1) is 28.9 Å². The molecule has 1 amide bonds. The number of rotatable bonds is 2. The summed E-state index contributed by atoms with van der Waals surface area (Å²) in [7, 11) is 0. The molecule has 2 unspecified atom stereocenters. The lowest BCUT2D eigenvalue weighted by Gasteiger charge is -2.39. The molecule has 0 radical (unpaired) electrons. The van der Waals surface area contributed by atoms with Crippen molar-refractivity contribution in [2.75, 3.05) is 17.2 Å². The molecular weight excluding hydrogens is 240 g/mol. The van der Waals surface area contributed by atoms with Crippen molar-refractivity contribution in [3.05, 3.63) is 23.8 Å². The van der Waals surface area contributed by atoms with Crippen LogP contribution in [0, 0.1) is 17.2 Å². The van der Waals surface area contributed by atoms with Crippen LogP contribution in [-0.2, 0) is 4.79 Å². The normalized spacial score (nSPS) is 22.8. The van der Waals surface area contributed by atoms with Gasteiger partial charge in [0.1, 0.15) is 0 Å². The first-order chi connectivity index (χ1) is 9.02. The Morgan fingerprint density at radius 3 is 2.84 bits per heavy atom. The summed E-state index contributed by atoms with van der Waals surface area (Å²) >= 11 is 0. The molecule has 2 rings (SSSR count). The molecule has 2 atom stereocenters. The van der Waals surface area contributed by atoms with E-state index in [9.17, 15) is 4.79 Å². The maximum atomic E-state index is 11.4. The van der Waals surface area contributed by atoms with E-state index in [2.05, 4.69) is 17.9 Å². The molecule has 1 fully saturated rings. The number of hydrogen-bond donors (Lipinski definition) is 2. The number of carbonyl (C=O) groups is 1. The number of hydrogen-bond acceptors (Lipinski definition) is 4. The molecule has 0 aromatic heterocycles. The summed E-state index contributed by atoms with van der Waals surface area (Å²) in [6.45, 7) is 2.66. The molecule has 1 aliphatic rings. The van der Waals surface area contributed by atoms with E-state index in [0.717, 1.165) is 18.5 Å². The van der Waals surface area contributed by atoms with Crippen LogP contribution in [0.1, 0.15) is 25.3 Å². The van der Waals surface area contributed by atoms with E-state index in [1.807, 2.05) is 0 Å². The fraction of sp³-hybridized carbons (Fsp3) is 0.429. The highest BCUT2D eigenvalue weighted by Crippen LogP contribution is 2.32. The van der Waals surface area contributed by atoms with Gasteiger partial charge in [0.15, 0.2) is 0 Å². The van der Waals surface area contributed by atoms with Crippen LogP contribution in [0.25, 0.3) is 0 Å². The van der Waals surface area contributed by atoms with Gasteiger partial charge >= 0.3 is 0 Å². The highest BCUT2D eigenvalue weighted by atomic mass is 16.1. The van der Waals surface area contributed by atoms with Crippen LogP contribution in [-0.4, -0.2) is 18.5 Å². The molecule has 0 spiro atoms. The van der Waals surface area contributed by atoms with Gasteiger partial charge in [0, 0.05) is 12.6 Å². The van der Waals surface area contributed by atoms with Crippen LogP contribution >= 0.6 is 0 Å². The van der Waals surface area contributed by atoms with Crippen molar-refractivity contribution >= 4 is 17.3 Å². The fourth-order valence-corrected chi connectivity index (χ4v) is 2.54. The molecule has 0 saturated carbocycles. The molecule has 0 bridgehead atoms. The van der Waals surface area contributed by atoms with Crippen molar-refractivity contribution in [1.82, 2.24) is 0 Å². The largest absolute Gasteiger partial charge is 0.397 e. The van der Waals surface area contributed by atoms with E-state index in [1.165, 1.54) is 0 Å². The number of anilines is 2. The topological polar surface area (TPSA) is 96.1 Å². The molecule has 19 heavy (non-hydrogen) atoms. The maximum Gasteiger partial charge on any atom is 0.222 e. The standard InChI is InChI=1S/C14H18N4O/c1-9-2-4-11(14(17)19)8-18(9)13-6-10(7-15)3-5-12(13)16/h3,5-6,9,11H,2,4,8,16H2,1H3,(H2,17,19). The minimum atomic E-state index is -0.271. The number of nitriles is 1. The second-order valence-electron chi connectivity index (χ2n) is 5.06. The van der Waals surface area contributed by atoms with Crippen molar-refractivity contribution in [2.45, 2.75) is 25.8 Å². The summed E-state index contributed by atoms with van der Waals surface area (Å²) < 4.78 is 0. The third kappa shape index (κ3) is 2.63. The molecule has 1 aliphatic heterocycles. The molecule has 5 heteroatoms. The maximum absolute atomic E-state index is 11.4. The number of primary amides is 1. The monoisotopic (exact) mass is 258 g/mol. The van der Waals surface area contributed by atoms with Gasteiger partial charge in [-0.3, -0.25) is 4.79 Å². The lowest BCUT2D eigenvalue weighted by Crippen LogP contribution is -2.46. The molecule has 4 N–H and O–H groups in total. The minimum Gasteiger partial charge on any atom is -0.397 e. The number of nitrogens with two attached hydrogens (primary N) is 2. The lowest BCUT2D eigenvalue weighted by molar-refractivity contribution is -0.122. The molecule has 1 aromatic carbocycles. The third-order valence-electron chi connectivity index (χ3n) is 3.75. The molecule has 1 heterocycles. The first-order valence-corrected chi connectivity index (χ1v) is 6.38. The third-order valence-corrected chi connectivity index (χ3v) is 3.75. The van der Waals surface area contributed by atoms with Gasteiger partial charge in [0.25, 0.3) is 0 Å². The van der Waals surface area contributed by atoms with E-state index >= 15 is 0 Å². The van der Waals surface area contributed by atoms with E-state index in [-0.39, 0.29) is 17.9 Å². The van der Waals surface area contributed by atoms with E-state index in [4.69, 9.17) is 16.7 Å². The van der Waals surface area contributed by atoms with Gasteiger partial charge in [-0.1, -0.05) is 0 Å². The van der Waals surface area contributed by atoms with Crippen LogP contribution in [0.4, 0.5) is 11.4 Å². The Balaban J connectivity index is 2.33. The average Bonchev–Trinajstić information content (AvgIpc) is 2.40.